The van der Waals surface area contributed by atoms with Gasteiger partial charge in [-0.25, -0.2) is 9.59 Å². The molecule has 0 aromatic carbocycles. The van der Waals surface area contributed by atoms with Crippen molar-refractivity contribution in [3.63, 3.8) is 0 Å². The molecule has 4 nitrogen and oxygen atoms in total. The smallest absolute Gasteiger partial charge is 0.338 e. The second-order valence-electron chi connectivity index (χ2n) is 4.03. The van der Waals surface area contributed by atoms with Crippen LogP contribution < -0.4 is 0 Å². The summed E-state index contributed by atoms with van der Waals surface area (Å²) in [6, 6.07) is 0. The van der Waals surface area contributed by atoms with E-state index in [1.54, 1.807) is 33.8 Å². The molecule has 0 unspecified atom stereocenters. The molecule has 0 spiro atoms. The molecular formula is C14H22O4. The van der Waals surface area contributed by atoms with Crippen molar-refractivity contribution in [1.82, 2.24) is 0 Å². The molecule has 0 aliphatic rings. The molecule has 0 rings (SSSR count). The molecule has 18 heavy (non-hydrogen) atoms. The largest absolute Gasteiger partial charge is 0.462 e. The third-order valence-electron chi connectivity index (χ3n) is 2.57. The Labute approximate surface area is 109 Å². The summed E-state index contributed by atoms with van der Waals surface area (Å²) in [5, 5.41) is 0. The number of hydrogen-bond acceptors (Lipinski definition) is 4. The van der Waals surface area contributed by atoms with E-state index >= 15 is 0 Å². The lowest BCUT2D eigenvalue weighted by molar-refractivity contribution is -0.139. The first-order chi connectivity index (χ1) is 8.43. The van der Waals surface area contributed by atoms with Gasteiger partial charge in [-0.05, 0) is 34.1 Å². The fraction of sp³-hybridized carbons (Fsp3) is 0.571. The zero-order valence-electron chi connectivity index (χ0n) is 11.8. The van der Waals surface area contributed by atoms with E-state index < -0.39 is 11.9 Å². The van der Waals surface area contributed by atoms with Gasteiger partial charge in [-0.3, -0.25) is 0 Å². The summed E-state index contributed by atoms with van der Waals surface area (Å²) in [6.07, 6.45) is 3.45. The van der Waals surface area contributed by atoms with Gasteiger partial charge in [0.15, 0.2) is 0 Å². The predicted octanol–water partition coefficient (Wildman–Crippen LogP) is 3.13. The van der Waals surface area contributed by atoms with Crippen molar-refractivity contribution in [2.75, 3.05) is 6.61 Å². The highest BCUT2D eigenvalue weighted by molar-refractivity contribution is 5.91. The third kappa shape index (κ3) is 5.66. The van der Waals surface area contributed by atoms with E-state index in [1.165, 1.54) is 0 Å². The molecule has 0 aliphatic carbocycles. The maximum atomic E-state index is 11.6. The van der Waals surface area contributed by atoms with E-state index in [0.717, 1.165) is 12.8 Å². The number of hydrogen-bond donors (Lipinski definition) is 0. The molecule has 0 atom stereocenters. The molecule has 0 saturated heterocycles. The van der Waals surface area contributed by atoms with E-state index in [-0.39, 0.29) is 5.76 Å². The van der Waals surface area contributed by atoms with Crippen LogP contribution in [-0.2, 0) is 19.1 Å². The van der Waals surface area contributed by atoms with Gasteiger partial charge in [0, 0.05) is 5.57 Å². The second kappa shape index (κ2) is 8.50. The lowest BCUT2D eigenvalue weighted by atomic mass is 10.2. The summed E-state index contributed by atoms with van der Waals surface area (Å²) in [7, 11) is 0. The number of unbranched alkanes of at least 4 members (excludes halogenated alkanes) is 1. The minimum atomic E-state index is -0.448. The summed E-state index contributed by atoms with van der Waals surface area (Å²) in [6.45, 7) is 8.98. The Hall–Kier alpha value is -1.58. The molecule has 0 radical (unpaired) electrons. The Morgan fingerprint density at radius 3 is 2.22 bits per heavy atom. The van der Waals surface area contributed by atoms with Gasteiger partial charge in [0.25, 0.3) is 0 Å². The van der Waals surface area contributed by atoms with Crippen LogP contribution in [0.25, 0.3) is 0 Å². The average Bonchev–Trinajstić information content (AvgIpc) is 2.36. The number of allylic oxidation sites excluding steroid dienone is 2. The zero-order chi connectivity index (χ0) is 14.1. The van der Waals surface area contributed by atoms with E-state index in [1.807, 2.05) is 6.92 Å². The van der Waals surface area contributed by atoms with Gasteiger partial charge < -0.3 is 9.47 Å². The summed E-state index contributed by atoms with van der Waals surface area (Å²) in [4.78, 5) is 23.1. The summed E-state index contributed by atoms with van der Waals surface area (Å²) in [5.74, 6) is -0.606. The zero-order valence-corrected chi connectivity index (χ0v) is 11.8. The van der Waals surface area contributed by atoms with Gasteiger partial charge in [0.05, 0.1) is 12.2 Å². The topological polar surface area (TPSA) is 52.6 Å². The molecular weight excluding hydrogens is 232 g/mol. The average molecular weight is 254 g/mol. The Bertz CT molecular complexity index is 364. The first-order valence-corrected chi connectivity index (χ1v) is 6.13. The van der Waals surface area contributed by atoms with Crippen molar-refractivity contribution in [2.24, 2.45) is 0 Å². The minimum Gasteiger partial charge on any atom is -0.462 e. The summed E-state index contributed by atoms with van der Waals surface area (Å²) < 4.78 is 10.1. The third-order valence-corrected chi connectivity index (χ3v) is 2.57. The quantitative estimate of drug-likeness (QED) is 0.316. The lowest BCUT2D eigenvalue weighted by Gasteiger charge is -2.09. The highest BCUT2D eigenvalue weighted by Gasteiger charge is 2.13. The Morgan fingerprint density at radius 1 is 1.11 bits per heavy atom. The van der Waals surface area contributed by atoms with Crippen LogP contribution in [-0.4, -0.2) is 18.5 Å². The number of rotatable bonds is 6. The van der Waals surface area contributed by atoms with Crippen LogP contribution in [0.3, 0.4) is 0 Å². The predicted molar refractivity (Wildman–Crippen MR) is 69.8 cm³/mol. The van der Waals surface area contributed by atoms with E-state index in [2.05, 4.69) is 0 Å². The molecule has 0 fully saturated rings. The number of ether oxygens (including phenoxy) is 2. The van der Waals surface area contributed by atoms with Crippen LogP contribution in [0.5, 0.6) is 0 Å². The molecule has 0 heterocycles. The molecule has 0 aliphatic heterocycles. The van der Waals surface area contributed by atoms with Crippen molar-refractivity contribution in [2.45, 2.75) is 47.5 Å². The molecule has 102 valence electrons. The van der Waals surface area contributed by atoms with Crippen molar-refractivity contribution >= 4 is 11.9 Å². The number of carbonyl (C=O) groups excluding carboxylic acids is 2. The molecule has 0 saturated carbocycles. The standard InChI is InChI=1S/C14H22O4/c1-6-8-9-17-14(16)11(4)12(5)18-13(15)10(3)7-2/h7H,6,8-9H2,1-5H3. The molecule has 0 aromatic heterocycles. The van der Waals surface area contributed by atoms with Crippen LogP contribution in [0.2, 0.25) is 0 Å². The van der Waals surface area contributed by atoms with Crippen LogP contribution in [0.4, 0.5) is 0 Å². The molecule has 0 amide bonds. The van der Waals surface area contributed by atoms with E-state index in [0.29, 0.717) is 17.8 Å². The fourth-order valence-electron chi connectivity index (χ4n) is 0.975. The van der Waals surface area contributed by atoms with Crippen molar-refractivity contribution in [1.29, 1.82) is 0 Å². The molecule has 0 bridgehead atoms. The number of esters is 2. The van der Waals surface area contributed by atoms with Gasteiger partial charge in [-0.2, -0.15) is 0 Å². The van der Waals surface area contributed by atoms with Gasteiger partial charge in [-0.1, -0.05) is 19.4 Å². The Balaban J connectivity index is 4.51. The highest BCUT2D eigenvalue weighted by atomic mass is 16.5. The van der Waals surface area contributed by atoms with Gasteiger partial charge in [0.2, 0.25) is 0 Å². The van der Waals surface area contributed by atoms with Crippen molar-refractivity contribution < 1.29 is 19.1 Å². The fourth-order valence-corrected chi connectivity index (χ4v) is 0.975. The van der Waals surface area contributed by atoms with Crippen molar-refractivity contribution in [3.8, 4) is 0 Å². The molecule has 0 aromatic rings. The number of carbonyl (C=O) groups is 2. The lowest BCUT2D eigenvalue weighted by Crippen LogP contribution is -2.12. The maximum Gasteiger partial charge on any atom is 0.338 e. The molecule has 0 N–H and O–H groups in total. The van der Waals surface area contributed by atoms with Crippen LogP contribution in [0.1, 0.15) is 47.5 Å². The summed E-state index contributed by atoms with van der Waals surface area (Å²) >= 11 is 0. The van der Waals surface area contributed by atoms with Crippen molar-refractivity contribution in [3.05, 3.63) is 23.0 Å². The normalized spacial score (nSPS) is 12.8. The SMILES string of the molecule is CC=C(C)C(=O)OC(C)=C(C)C(=O)OCCCC. The van der Waals surface area contributed by atoms with Gasteiger partial charge >= 0.3 is 11.9 Å². The minimum absolute atomic E-state index is 0.280. The maximum absolute atomic E-state index is 11.6. The Morgan fingerprint density at radius 2 is 1.72 bits per heavy atom. The van der Waals surface area contributed by atoms with Gasteiger partial charge in [-0.15, -0.1) is 0 Å². The summed E-state index contributed by atoms with van der Waals surface area (Å²) in [5.41, 5.74) is 0.824. The Kier molecular flexibility index (Phi) is 7.76. The monoisotopic (exact) mass is 254 g/mol. The molecule has 4 heteroatoms. The van der Waals surface area contributed by atoms with Crippen LogP contribution in [0, 0.1) is 0 Å². The van der Waals surface area contributed by atoms with Gasteiger partial charge in [0.1, 0.15) is 5.76 Å². The first kappa shape index (κ1) is 16.4. The van der Waals surface area contributed by atoms with E-state index in [9.17, 15) is 9.59 Å². The first-order valence-electron chi connectivity index (χ1n) is 6.13. The van der Waals surface area contributed by atoms with E-state index in [4.69, 9.17) is 9.47 Å². The van der Waals surface area contributed by atoms with Crippen LogP contribution in [0.15, 0.2) is 23.0 Å². The van der Waals surface area contributed by atoms with Crippen LogP contribution >= 0.6 is 0 Å². The highest BCUT2D eigenvalue weighted by Crippen LogP contribution is 2.10. The second-order valence-corrected chi connectivity index (χ2v) is 4.03.